The van der Waals surface area contributed by atoms with Crippen molar-refractivity contribution in [3.63, 3.8) is 0 Å². The molecule has 2 aliphatic carbocycles. The molecule has 0 aromatic heterocycles. The van der Waals surface area contributed by atoms with E-state index in [9.17, 15) is 4.79 Å². The highest BCUT2D eigenvalue weighted by molar-refractivity contribution is 9.10. The number of ether oxygens (including phenoxy) is 1. The molecule has 0 saturated heterocycles. The average Bonchev–Trinajstić information content (AvgIpc) is 3.19. The average molecular weight is 391 g/mol. The smallest absolute Gasteiger partial charge is 0.244 e. The van der Waals surface area contributed by atoms with Crippen LogP contribution >= 0.6 is 15.9 Å². The first-order valence-corrected chi connectivity index (χ1v) is 9.22. The number of nitrogens with one attached hydrogen (secondary N) is 1. The molecule has 128 valence electrons. The van der Waals surface area contributed by atoms with E-state index in [0.717, 1.165) is 16.5 Å². The van der Waals surface area contributed by atoms with Gasteiger partial charge in [-0.15, -0.1) is 0 Å². The Balaban J connectivity index is 1.63. The summed E-state index contributed by atoms with van der Waals surface area (Å²) < 4.78 is 6.54. The second-order valence-corrected chi connectivity index (χ2v) is 7.77. The van der Waals surface area contributed by atoms with E-state index in [1.165, 1.54) is 19.3 Å². The molecule has 2 fully saturated rings. The van der Waals surface area contributed by atoms with Gasteiger partial charge in [-0.2, -0.15) is 5.10 Å². The van der Waals surface area contributed by atoms with Crippen LogP contribution in [0, 0.1) is 17.3 Å². The van der Waals surface area contributed by atoms with Gasteiger partial charge in [0, 0.05) is 16.0 Å². The molecule has 0 aliphatic heterocycles. The van der Waals surface area contributed by atoms with Gasteiger partial charge in [-0.1, -0.05) is 48.4 Å². The van der Waals surface area contributed by atoms with Gasteiger partial charge >= 0.3 is 0 Å². The first-order chi connectivity index (χ1) is 11.6. The number of nitrogens with zero attached hydrogens (tertiary/aromatic N) is 1. The van der Waals surface area contributed by atoms with Gasteiger partial charge in [-0.05, 0) is 42.4 Å². The standard InChI is InChI=1S/C19H23BrN2O2/c1-3-10-24-16-8-7-14(20)11-13(16)12-21-22-18(23)17-15-6-4-5-9-19(15,17)2/h3,7-8,11-12,15,17H,1,4-6,9-10H2,2H3,(H,22,23)/b21-12-/t15-,17-,19-/m1/s1. The predicted octanol–water partition coefficient (Wildman–Crippen LogP) is 4.29. The highest BCUT2D eigenvalue weighted by Gasteiger charge is 2.64. The van der Waals surface area contributed by atoms with Crippen LogP contribution in [0.1, 0.15) is 38.2 Å². The third kappa shape index (κ3) is 3.41. The topological polar surface area (TPSA) is 50.7 Å². The summed E-state index contributed by atoms with van der Waals surface area (Å²) in [5.41, 5.74) is 3.73. The van der Waals surface area contributed by atoms with Gasteiger partial charge in [0.15, 0.2) is 0 Å². The Morgan fingerprint density at radius 3 is 3.08 bits per heavy atom. The minimum Gasteiger partial charge on any atom is -0.489 e. The van der Waals surface area contributed by atoms with E-state index in [1.807, 2.05) is 18.2 Å². The van der Waals surface area contributed by atoms with Crippen molar-refractivity contribution < 1.29 is 9.53 Å². The van der Waals surface area contributed by atoms with Crippen molar-refractivity contribution >= 4 is 28.1 Å². The Morgan fingerprint density at radius 1 is 1.54 bits per heavy atom. The molecule has 1 aromatic rings. The summed E-state index contributed by atoms with van der Waals surface area (Å²) in [5, 5.41) is 4.15. The summed E-state index contributed by atoms with van der Waals surface area (Å²) in [6.45, 7) is 6.32. The van der Waals surface area contributed by atoms with Crippen LogP contribution in [0.15, 0.2) is 40.4 Å². The second kappa shape index (κ2) is 7.09. The van der Waals surface area contributed by atoms with Crippen molar-refractivity contribution in [3.8, 4) is 5.75 Å². The monoisotopic (exact) mass is 390 g/mol. The fraction of sp³-hybridized carbons (Fsp3) is 0.474. The second-order valence-electron chi connectivity index (χ2n) is 6.85. The number of carbonyl (C=O) groups is 1. The third-order valence-corrected chi connectivity index (χ3v) is 5.81. The van der Waals surface area contributed by atoms with Gasteiger partial charge in [0.1, 0.15) is 12.4 Å². The van der Waals surface area contributed by atoms with Gasteiger partial charge in [0.05, 0.1) is 6.21 Å². The van der Waals surface area contributed by atoms with E-state index in [0.29, 0.717) is 18.3 Å². The molecule has 24 heavy (non-hydrogen) atoms. The Bertz CT molecular complexity index is 673. The summed E-state index contributed by atoms with van der Waals surface area (Å²) in [5.74, 6) is 1.42. The molecular weight excluding hydrogens is 368 g/mol. The number of amides is 1. The zero-order chi connectivity index (χ0) is 17.2. The van der Waals surface area contributed by atoms with Crippen LogP contribution in [0.2, 0.25) is 0 Å². The Morgan fingerprint density at radius 2 is 2.38 bits per heavy atom. The Hall–Kier alpha value is -1.62. The highest BCUT2D eigenvalue weighted by atomic mass is 79.9. The van der Waals surface area contributed by atoms with Gasteiger partial charge in [-0.25, -0.2) is 5.43 Å². The lowest BCUT2D eigenvalue weighted by molar-refractivity contribution is -0.123. The quantitative estimate of drug-likeness (QED) is 0.447. The molecule has 0 bridgehead atoms. The minimum atomic E-state index is 0.0456. The lowest BCUT2D eigenvalue weighted by atomic mass is 9.90. The van der Waals surface area contributed by atoms with Crippen molar-refractivity contribution in [2.75, 3.05) is 6.61 Å². The van der Waals surface area contributed by atoms with Crippen LogP contribution in [0.4, 0.5) is 0 Å². The maximum Gasteiger partial charge on any atom is 0.244 e. The number of fused-ring (bicyclic) bond motifs is 1. The van der Waals surface area contributed by atoms with E-state index < -0.39 is 0 Å². The summed E-state index contributed by atoms with van der Waals surface area (Å²) >= 11 is 3.44. The number of hydrazone groups is 1. The van der Waals surface area contributed by atoms with Crippen molar-refractivity contribution in [2.45, 2.75) is 32.6 Å². The summed E-state index contributed by atoms with van der Waals surface area (Å²) in [7, 11) is 0. The summed E-state index contributed by atoms with van der Waals surface area (Å²) in [6, 6.07) is 5.68. The largest absolute Gasteiger partial charge is 0.489 e. The zero-order valence-electron chi connectivity index (χ0n) is 13.9. The number of rotatable bonds is 6. The fourth-order valence-corrected chi connectivity index (χ4v) is 4.36. The van der Waals surface area contributed by atoms with E-state index in [4.69, 9.17) is 4.74 Å². The van der Waals surface area contributed by atoms with E-state index in [2.05, 4.69) is 40.0 Å². The molecule has 0 unspecified atom stereocenters. The summed E-state index contributed by atoms with van der Waals surface area (Å²) in [6.07, 6.45) is 8.14. The molecule has 1 N–H and O–H groups in total. The van der Waals surface area contributed by atoms with E-state index >= 15 is 0 Å². The minimum absolute atomic E-state index is 0.0456. The van der Waals surface area contributed by atoms with Crippen LogP contribution in [0.3, 0.4) is 0 Å². The van der Waals surface area contributed by atoms with Crippen LogP contribution in [-0.4, -0.2) is 18.7 Å². The van der Waals surface area contributed by atoms with Crippen molar-refractivity contribution in [2.24, 2.45) is 22.4 Å². The normalized spacial score (nSPS) is 28.2. The number of hydrogen-bond donors (Lipinski definition) is 1. The third-order valence-electron chi connectivity index (χ3n) is 5.32. The Labute approximate surface area is 151 Å². The van der Waals surface area contributed by atoms with Gasteiger partial charge < -0.3 is 4.74 Å². The number of halogens is 1. The molecule has 2 aliphatic rings. The lowest BCUT2D eigenvalue weighted by Crippen LogP contribution is -2.22. The van der Waals surface area contributed by atoms with Crippen LogP contribution in [-0.2, 0) is 4.79 Å². The first kappa shape index (κ1) is 17.2. The first-order valence-electron chi connectivity index (χ1n) is 8.42. The zero-order valence-corrected chi connectivity index (χ0v) is 15.5. The number of hydrogen-bond acceptors (Lipinski definition) is 3. The van der Waals surface area contributed by atoms with Gasteiger partial charge in [-0.3, -0.25) is 4.79 Å². The van der Waals surface area contributed by atoms with E-state index in [-0.39, 0.29) is 17.2 Å². The molecule has 5 heteroatoms. The number of benzene rings is 1. The van der Waals surface area contributed by atoms with Crippen LogP contribution < -0.4 is 10.2 Å². The highest BCUT2D eigenvalue weighted by Crippen LogP contribution is 2.66. The summed E-state index contributed by atoms with van der Waals surface area (Å²) in [4.78, 5) is 12.4. The lowest BCUT2D eigenvalue weighted by Gasteiger charge is -2.15. The van der Waals surface area contributed by atoms with Crippen LogP contribution in [0.25, 0.3) is 0 Å². The maximum absolute atomic E-state index is 12.4. The SMILES string of the molecule is C=CCOc1ccc(Br)cc1/C=N\NC(=O)[C@H]1[C@H]2CCCC[C@]21C. The van der Waals surface area contributed by atoms with Gasteiger partial charge in [0.2, 0.25) is 5.91 Å². The van der Waals surface area contributed by atoms with Gasteiger partial charge in [0.25, 0.3) is 0 Å². The molecule has 0 radical (unpaired) electrons. The van der Waals surface area contributed by atoms with Crippen molar-refractivity contribution in [1.82, 2.24) is 5.43 Å². The maximum atomic E-state index is 12.4. The molecule has 3 atom stereocenters. The van der Waals surface area contributed by atoms with Crippen molar-refractivity contribution in [1.29, 1.82) is 0 Å². The Kier molecular flexibility index (Phi) is 5.09. The molecule has 3 rings (SSSR count). The molecular formula is C19H23BrN2O2. The predicted molar refractivity (Wildman–Crippen MR) is 99.1 cm³/mol. The van der Waals surface area contributed by atoms with Crippen LogP contribution in [0.5, 0.6) is 5.75 Å². The van der Waals surface area contributed by atoms with E-state index in [1.54, 1.807) is 12.3 Å². The van der Waals surface area contributed by atoms with Crippen molar-refractivity contribution in [3.05, 3.63) is 40.9 Å². The molecule has 4 nitrogen and oxygen atoms in total. The fourth-order valence-electron chi connectivity index (χ4n) is 3.99. The molecule has 0 heterocycles. The molecule has 2 saturated carbocycles. The molecule has 1 amide bonds. The molecule has 0 spiro atoms. The molecule has 1 aromatic carbocycles. The number of carbonyl (C=O) groups excluding carboxylic acids is 1.